The predicted octanol–water partition coefficient (Wildman–Crippen LogP) is 0.192. The van der Waals surface area contributed by atoms with E-state index in [9.17, 15) is 9.90 Å². The zero-order chi connectivity index (χ0) is 12.3. The van der Waals surface area contributed by atoms with Gasteiger partial charge in [0.25, 0.3) is 5.91 Å². The first-order chi connectivity index (χ1) is 8.22. The lowest BCUT2D eigenvalue weighted by Gasteiger charge is -2.32. The van der Waals surface area contributed by atoms with Crippen molar-refractivity contribution in [3.05, 3.63) is 29.8 Å². The fourth-order valence-electron chi connectivity index (χ4n) is 1.87. The fraction of sp³-hybridized carbons (Fsp3) is 0.417. The first kappa shape index (κ1) is 11.9. The number of carbonyl (C=O) groups is 1. The van der Waals surface area contributed by atoms with Crippen LogP contribution in [-0.2, 0) is 4.74 Å². The Balaban J connectivity index is 2.12. The second-order valence-corrected chi connectivity index (χ2v) is 4.00. The van der Waals surface area contributed by atoms with E-state index in [2.05, 4.69) is 0 Å². The normalized spacial score (nSPS) is 20.3. The number of hydrogen-bond donors (Lipinski definition) is 2. The molecule has 17 heavy (non-hydrogen) atoms. The predicted molar refractivity (Wildman–Crippen MR) is 62.8 cm³/mol. The Morgan fingerprint density at radius 2 is 2.29 bits per heavy atom. The van der Waals surface area contributed by atoms with Crippen molar-refractivity contribution in [1.82, 2.24) is 4.90 Å². The molecule has 1 aliphatic heterocycles. The van der Waals surface area contributed by atoms with Gasteiger partial charge in [0.15, 0.2) is 0 Å². The molecular weight excluding hydrogens is 220 g/mol. The molecule has 0 aromatic heterocycles. The molecule has 1 unspecified atom stereocenters. The van der Waals surface area contributed by atoms with Gasteiger partial charge in [0, 0.05) is 19.6 Å². The van der Waals surface area contributed by atoms with E-state index in [4.69, 9.17) is 10.5 Å². The minimum absolute atomic E-state index is 0.00768. The molecule has 1 aliphatic rings. The number of morpholine rings is 1. The molecule has 1 fully saturated rings. The molecule has 0 radical (unpaired) electrons. The first-order valence-corrected chi connectivity index (χ1v) is 5.61. The van der Waals surface area contributed by atoms with Crippen LogP contribution in [0.4, 0.5) is 0 Å². The van der Waals surface area contributed by atoms with Crippen LogP contribution in [0.15, 0.2) is 24.3 Å². The number of phenols is 1. The summed E-state index contributed by atoms with van der Waals surface area (Å²) in [6.07, 6.45) is -0.112. The third-order valence-corrected chi connectivity index (χ3v) is 2.82. The summed E-state index contributed by atoms with van der Waals surface area (Å²) in [6, 6.07) is 6.54. The number of nitrogens with two attached hydrogens (primary N) is 1. The third kappa shape index (κ3) is 2.57. The Morgan fingerprint density at radius 3 is 3.00 bits per heavy atom. The maximum absolute atomic E-state index is 12.2. The molecule has 2 rings (SSSR count). The van der Waals surface area contributed by atoms with E-state index < -0.39 is 0 Å². The second-order valence-electron chi connectivity index (χ2n) is 4.00. The van der Waals surface area contributed by atoms with Gasteiger partial charge < -0.3 is 20.5 Å². The minimum atomic E-state index is -0.176. The van der Waals surface area contributed by atoms with E-state index in [0.717, 1.165) is 0 Å². The van der Waals surface area contributed by atoms with Gasteiger partial charge in [-0.1, -0.05) is 12.1 Å². The standard InChI is InChI=1S/C12H16N2O3/c13-7-9-8-14(5-6-17-9)12(16)10-3-1-2-4-11(10)15/h1-4,9,15H,5-8,13H2. The second kappa shape index (κ2) is 5.16. The maximum Gasteiger partial charge on any atom is 0.257 e. The molecule has 1 atom stereocenters. The van der Waals surface area contributed by atoms with Crippen LogP contribution < -0.4 is 5.73 Å². The fourth-order valence-corrected chi connectivity index (χ4v) is 1.87. The van der Waals surface area contributed by atoms with Gasteiger partial charge in [0.1, 0.15) is 5.75 Å². The third-order valence-electron chi connectivity index (χ3n) is 2.82. The lowest BCUT2D eigenvalue weighted by Crippen LogP contribution is -2.48. The summed E-state index contributed by atoms with van der Waals surface area (Å²) in [4.78, 5) is 13.8. The molecular formula is C12H16N2O3. The molecule has 1 amide bonds. The smallest absolute Gasteiger partial charge is 0.257 e. The molecule has 5 nitrogen and oxygen atoms in total. The van der Waals surface area contributed by atoms with Crippen molar-refractivity contribution in [2.45, 2.75) is 6.10 Å². The van der Waals surface area contributed by atoms with Gasteiger partial charge in [-0.25, -0.2) is 0 Å². The maximum atomic E-state index is 12.2. The van der Waals surface area contributed by atoms with Crippen molar-refractivity contribution in [3.8, 4) is 5.75 Å². The van der Waals surface area contributed by atoms with Gasteiger partial charge in [0.2, 0.25) is 0 Å². The number of phenolic OH excluding ortho intramolecular Hbond substituents is 1. The average Bonchev–Trinajstić information content (AvgIpc) is 2.38. The number of carbonyl (C=O) groups excluding carboxylic acids is 1. The van der Waals surface area contributed by atoms with Crippen LogP contribution in [0.2, 0.25) is 0 Å². The summed E-state index contributed by atoms with van der Waals surface area (Å²) in [5.41, 5.74) is 5.85. The number of ether oxygens (including phenoxy) is 1. The molecule has 0 bridgehead atoms. The Hall–Kier alpha value is -1.59. The first-order valence-electron chi connectivity index (χ1n) is 5.61. The van der Waals surface area contributed by atoms with Crippen LogP contribution >= 0.6 is 0 Å². The summed E-state index contributed by atoms with van der Waals surface area (Å²) in [6.45, 7) is 1.89. The van der Waals surface area contributed by atoms with Crippen molar-refractivity contribution in [3.63, 3.8) is 0 Å². The number of aromatic hydroxyl groups is 1. The lowest BCUT2D eigenvalue weighted by molar-refractivity contribution is -0.0168. The summed E-state index contributed by atoms with van der Waals surface area (Å²) in [7, 11) is 0. The highest BCUT2D eigenvalue weighted by Gasteiger charge is 2.25. The van der Waals surface area contributed by atoms with Gasteiger partial charge in [0.05, 0.1) is 18.3 Å². The van der Waals surface area contributed by atoms with Crippen molar-refractivity contribution in [2.75, 3.05) is 26.2 Å². The highest BCUT2D eigenvalue weighted by molar-refractivity contribution is 5.96. The van der Waals surface area contributed by atoms with Gasteiger partial charge in [-0.3, -0.25) is 4.79 Å². The van der Waals surface area contributed by atoms with Crippen LogP contribution in [0.1, 0.15) is 10.4 Å². The van der Waals surface area contributed by atoms with Crippen LogP contribution in [0.25, 0.3) is 0 Å². The van der Waals surface area contributed by atoms with E-state index >= 15 is 0 Å². The highest BCUT2D eigenvalue weighted by Crippen LogP contribution is 2.19. The zero-order valence-corrected chi connectivity index (χ0v) is 9.50. The summed E-state index contributed by atoms with van der Waals surface area (Å²) >= 11 is 0. The lowest BCUT2D eigenvalue weighted by atomic mass is 10.1. The van der Waals surface area contributed by atoms with Crippen molar-refractivity contribution in [2.24, 2.45) is 5.73 Å². The van der Waals surface area contributed by atoms with E-state index in [1.54, 1.807) is 23.1 Å². The summed E-state index contributed by atoms with van der Waals surface area (Å²) in [5, 5.41) is 9.63. The van der Waals surface area contributed by atoms with E-state index in [1.807, 2.05) is 0 Å². The Bertz CT molecular complexity index is 408. The number of nitrogens with zero attached hydrogens (tertiary/aromatic N) is 1. The molecule has 1 aromatic rings. The number of rotatable bonds is 2. The van der Waals surface area contributed by atoms with E-state index in [1.165, 1.54) is 6.07 Å². The molecule has 1 aromatic carbocycles. The Morgan fingerprint density at radius 1 is 1.53 bits per heavy atom. The van der Waals surface area contributed by atoms with Crippen molar-refractivity contribution < 1.29 is 14.6 Å². The molecule has 92 valence electrons. The molecule has 0 saturated carbocycles. The summed E-state index contributed by atoms with van der Waals surface area (Å²) in [5.74, 6) is -0.168. The quantitative estimate of drug-likeness (QED) is 0.768. The number of para-hydroxylation sites is 1. The highest BCUT2D eigenvalue weighted by atomic mass is 16.5. The van der Waals surface area contributed by atoms with Crippen LogP contribution in [0.3, 0.4) is 0 Å². The van der Waals surface area contributed by atoms with E-state index in [0.29, 0.717) is 31.8 Å². The number of hydrogen-bond acceptors (Lipinski definition) is 4. The molecule has 1 saturated heterocycles. The van der Waals surface area contributed by atoms with Crippen LogP contribution in [0.5, 0.6) is 5.75 Å². The monoisotopic (exact) mass is 236 g/mol. The van der Waals surface area contributed by atoms with Gasteiger partial charge in [-0.2, -0.15) is 0 Å². The number of benzene rings is 1. The van der Waals surface area contributed by atoms with Crippen molar-refractivity contribution >= 4 is 5.91 Å². The Kier molecular flexibility index (Phi) is 3.61. The molecule has 3 N–H and O–H groups in total. The summed E-state index contributed by atoms with van der Waals surface area (Å²) < 4.78 is 5.39. The zero-order valence-electron chi connectivity index (χ0n) is 9.50. The van der Waals surface area contributed by atoms with Gasteiger partial charge in [-0.05, 0) is 12.1 Å². The molecule has 5 heteroatoms. The SMILES string of the molecule is NCC1CN(C(=O)c2ccccc2O)CCO1. The van der Waals surface area contributed by atoms with Gasteiger partial charge >= 0.3 is 0 Å². The van der Waals surface area contributed by atoms with Gasteiger partial charge in [-0.15, -0.1) is 0 Å². The Labute approximate surface area is 99.8 Å². The van der Waals surface area contributed by atoms with Crippen molar-refractivity contribution in [1.29, 1.82) is 0 Å². The van der Waals surface area contributed by atoms with Crippen LogP contribution in [0, 0.1) is 0 Å². The average molecular weight is 236 g/mol. The molecule has 0 aliphatic carbocycles. The molecule has 0 spiro atoms. The van der Waals surface area contributed by atoms with Crippen LogP contribution in [-0.4, -0.2) is 48.3 Å². The topological polar surface area (TPSA) is 75.8 Å². The minimum Gasteiger partial charge on any atom is -0.507 e. The number of amides is 1. The largest absolute Gasteiger partial charge is 0.507 e. The van der Waals surface area contributed by atoms with E-state index in [-0.39, 0.29) is 17.8 Å². The molecule has 1 heterocycles.